The fourth-order valence-corrected chi connectivity index (χ4v) is 4.61. The largest absolute Gasteiger partial charge is 0.490 e. The average Bonchev–Trinajstić information content (AvgIpc) is 3.30. The van der Waals surface area contributed by atoms with Gasteiger partial charge in [-0.3, -0.25) is 9.78 Å². The molecular formula is C22H24N2O5. The smallest absolute Gasteiger partial charge is 0.263 e. The molecule has 2 saturated heterocycles. The number of amides is 1. The van der Waals surface area contributed by atoms with Gasteiger partial charge in [-0.25, -0.2) is 0 Å². The molecule has 0 saturated carbocycles. The number of fused-ring (bicyclic) bond motifs is 3. The summed E-state index contributed by atoms with van der Waals surface area (Å²) in [4.78, 5) is 19.2. The second kappa shape index (κ2) is 7.46. The standard InChI is InChI=1S/C22H24N2O5/c1-14(28-18-4-5-20-21(12-18)27-13-26-20)22(25)24-15-2-3-16(24)11-19(10-15)29-17-6-8-23-9-7-17/h4-9,12,14-16,19H,2-3,10-11,13H2,1H3. The fourth-order valence-electron chi connectivity index (χ4n) is 4.61. The van der Waals surface area contributed by atoms with Crippen molar-refractivity contribution in [3.8, 4) is 23.0 Å². The summed E-state index contributed by atoms with van der Waals surface area (Å²) in [7, 11) is 0. The summed E-state index contributed by atoms with van der Waals surface area (Å²) in [6.07, 6.45) is 6.77. The molecule has 7 heteroatoms. The topological polar surface area (TPSA) is 70.1 Å². The maximum absolute atomic E-state index is 13.2. The molecule has 1 amide bonds. The summed E-state index contributed by atoms with van der Waals surface area (Å²) in [6, 6.07) is 9.55. The van der Waals surface area contributed by atoms with Crippen LogP contribution in [0.5, 0.6) is 23.0 Å². The van der Waals surface area contributed by atoms with Gasteiger partial charge < -0.3 is 23.8 Å². The molecule has 0 radical (unpaired) electrons. The first kappa shape index (κ1) is 18.1. The molecule has 3 atom stereocenters. The average molecular weight is 396 g/mol. The number of nitrogens with zero attached hydrogens (tertiary/aromatic N) is 2. The van der Waals surface area contributed by atoms with Gasteiger partial charge >= 0.3 is 0 Å². The zero-order valence-corrected chi connectivity index (χ0v) is 16.3. The molecule has 7 nitrogen and oxygen atoms in total. The van der Waals surface area contributed by atoms with Gasteiger partial charge in [0.1, 0.15) is 17.6 Å². The van der Waals surface area contributed by atoms with Gasteiger partial charge in [-0.2, -0.15) is 0 Å². The number of benzene rings is 1. The number of rotatable bonds is 5. The number of carbonyl (C=O) groups is 1. The van der Waals surface area contributed by atoms with Crippen LogP contribution in [0.25, 0.3) is 0 Å². The maximum Gasteiger partial charge on any atom is 0.263 e. The lowest BCUT2D eigenvalue weighted by Crippen LogP contribution is -2.52. The highest BCUT2D eigenvalue weighted by Gasteiger charge is 2.45. The van der Waals surface area contributed by atoms with Crippen molar-refractivity contribution in [2.45, 2.75) is 56.9 Å². The summed E-state index contributed by atoms with van der Waals surface area (Å²) < 4.78 is 22.8. The molecule has 152 valence electrons. The Hall–Kier alpha value is -2.96. The van der Waals surface area contributed by atoms with Crippen LogP contribution in [0.4, 0.5) is 0 Å². The SMILES string of the molecule is CC(Oc1ccc2c(c1)OCO2)C(=O)N1C2CCC1CC(Oc1ccncc1)C2. The number of piperidine rings is 1. The maximum atomic E-state index is 13.2. The van der Waals surface area contributed by atoms with Crippen LogP contribution in [0.3, 0.4) is 0 Å². The lowest BCUT2D eigenvalue weighted by Gasteiger charge is -2.40. The van der Waals surface area contributed by atoms with Crippen LogP contribution < -0.4 is 18.9 Å². The minimum Gasteiger partial charge on any atom is -0.490 e. The summed E-state index contributed by atoms with van der Waals surface area (Å²) >= 11 is 0. The molecule has 4 heterocycles. The van der Waals surface area contributed by atoms with Crippen molar-refractivity contribution in [1.82, 2.24) is 9.88 Å². The normalized spacial score (nSPS) is 25.6. The third-order valence-electron chi connectivity index (χ3n) is 5.90. The Labute approximate surface area is 169 Å². The number of aromatic nitrogens is 1. The van der Waals surface area contributed by atoms with E-state index in [0.717, 1.165) is 31.4 Å². The third kappa shape index (κ3) is 3.57. The molecule has 5 rings (SSSR count). The van der Waals surface area contributed by atoms with E-state index in [-0.39, 0.29) is 30.9 Å². The molecule has 2 bridgehead atoms. The molecule has 3 aliphatic heterocycles. The minimum atomic E-state index is -0.559. The summed E-state index contributed by atoms with van der Waals surface area (Å²) in [5.41, 5.74) is 0. The van der Waals surface area contributed by atoms with Gasteiger partial charge in [0.15, 0.2) is 17.6 Å². The molecular weight excluding hydrogens is 372 g/mol. The highest BCUT2D eigenvalue weighted by molar-refractivity contribution is 5.82. The van der Waals surface area contributed by atoms with Crippen molar-refractivity contribution < 1.29 is 23.7 Å². The first-order valence-corrected chi connectivity index (χ1v) is 10.1. The molecule has 0 N–H and O–H groups in total. The van der Waals surface area contributed by atoms with Crippen molar-refractivity contribution >= 4 is 5.91 Å². The zero-order valence-electron chi connectivity index (χ0n) is 16.3. The fraction of sp³-hybridized carbons (Fsp3) is 0.455. The minimum absolute atomic E-state index is 0.0394. The van der Waals surface area contributed by atoms with Crippen molar-refractivity contribution in [3.05, 3.63) is 42.7 Å². The van der Waals surface area contributed by atoms with E-state index in [1.807, 2.05) is 24.0 Å². The van der Waals surface area contributed by atoms with Gasteiger partial charge in [-0.1, -0.05) is 0 Å². The van der Waals surface area contributed by atoms with Crippen LogP contribution in [0.2, 0.25) is 0 Å². The lowest BCUT2D eigenvalue weighted by atomic mass is 9.99. The summed E-state index contributed by atoms with van der Waals surface area (Å²) in [5.74, 6) is 2.83. The Bertz CT molecular complexity index is 876. The second-order valence-electron chi connectivity index (χ2n) is 7.80. The van der Waals surface area contributed by atoms with E-state index in [0.29, 0.717) is 17.2 Å². The second-order valence-corrected chi connectivity index (χ2v) is 7.80. The van der Waals surface area contributed by atoms with Crippen molar-refractivity contribution in [2.75, 3.05) is 6.79 Å². The van der Waals surface area contributed by atoms with Crippen LogP contribution in [0.15, 0.2) is 42.7 Å². The van der Waals surface area contributed by atoms with E-state index in [4.69, 9.17) is 18.9 Å². The van der Waals surface area contributed by atoms with Crippen LogP contribution in [0.1, 0.15) is 32.6 Å². The highest BCUT2D eigenvalue weighted by atomic mass is 16.7. The first-order chi connectivity index (χ1) is 14.2. The quantitative estimate of drug-likeness (QED) is 0.773. The van der Waals surface area contributed by atoms with Crippen molar-refractivity contribution in [1.29, 1.82) is 0 Å². The Kier molecular flexibility index (Phi) is 4.66. The van der Waals surface area contributed by atoms with Gasteiger partial charge in [-0.15, -0.1) is 0 Å². The number of hydrogen-bond acceptors (Lipinski definition) is 6. The molecule has 1 aromatic heterocycles. The molecule has 3 unspecified atom stereocenters. The lowest BCUT2D eigenvalue weighted by molar-refractivity contribution is -0.144. The molecule has 29 heavy (non-hydrogen) atoms. The van der Waals surface area contributed by atoms with Gasteiger partial charge in [0.25, 0.3) is 5.91 Å². The van der Waals surface area contributed by atoms with Crippen LogP contribution >= 0.6 is 0 Å². The van der Waals surface area contributed by atoms with E-state index in [1.165, 1.54) is 0 Å². The predicted molar refractivity (Wildman–Crippen MR) is 104 cm³/mol. The third-order valence-corrected chi connectivity index (χ3v) is 5.90. The van der Waals surface area contributed by atoms with E-state index in [2.05, 4.69) is 4.98 Å². The monoisotopic (exact) mass is 396 g/mol. The van der Waals surface area contributed by atoms with Crippen LogP contribution in [-0.2, 0) is 4.79 Å². The Morgan fingerprint density at radius 3 is 2.55 bits per heavy atom. The van der Waals surface area contributed by atoms with E-state index in [9.17, 15) is 4.79 Å². The number of ether oxygens (including phenoxy) is 4. The van der Waals surface area contributed by atoms with E-state index >= 15 is 0 Å². The number of carbonyl (C=O) groups excluding carboxylic acids is 1. The molecule has 2 aromatic rings. The van der Waals surface area contributed by atoms with Gasteiger partial charge in [0.2, 0.25) is 6.79 Å². The van der Waals surface area contributed by atoms with Crippen molar-refractivity contribution in [3.63, 3.8) is 0 Å². The summed E-state index contributed by atoms with van der Waals surface area (Å²) in [5, 5.41) is 0. The Balaban J connectivity index is 1.22. The first-order valence-electron chi connectivity index (χ1n) is 10.1. The van der Waals surface area contributed by atoms with Crippen LogP contribution in [-0.4, -0.2) is 46.9 Å². The molecule has 2 fully saturated rings. The van der Waals surface area contributed by atoms with Gasteiger partial charge in [0.05, 0.1) is 0 Å². The molecule has 0 spiro atoms. The number of pyridine rings is 1. The predicted octanol–water partition coefficient (Wildman–Crippen LogP) is 3.18. The summed E-state index contributed by atoms with van der Waals surface area (Å²) in [6.45, 7) is 2.03. The Morgan fingerprint density at radius 2 is 1.79 bits per heavy atom. The Morgan fingerprint density at radius 1 is 1.07 bits per heavy atom. The van der Waals surface area contributed by atoms with Crippen LogP contribution in [0, 0.1) is 0 Å². The van der Waals surface area contributed by atoms with Gasteiger partial charge in [0, 0.05) is 43.4 Å². The molecule has 1 aromatic carbocycles. The van der Waals surface area contributed by atoms with E-state index in [1.54, 1.807) is 30.6 Å². The number of hydrogen-bond donors (Lipinski definition) is 0. The van der Waals surface area contributed by atoms with Crippen molar-refractivity contribution in [2.24, 2.45) is 0 Å². The highest BCUT2D eigenvalue weighted by Crippen LogP contribution is 2.39. The molecule has 3 aliphatic rings. The zero-order chi connectivity index (χ0) is 19.8. The molecule has 0 aliphatic carbocycles. The van der Waals surface area contributed by atoms with Gasteiger partial charge in [-0.05, 0) is 44.0 Å². The van der Waals surface area contributed by atoms with E-state index < -0.39 is 6.10 Å².